The van der Waals surface area contributed by atoms with Gasteiger partial charge in [0.15, 0.2) is 0 Å². The zero-order valence-corrected chi connectivity index (χ0v) is 11.7. The van der Waals surface area contributed by atoms with Crippen molar-refractivity contribution in [2.45, 2.75) is 26.2 Å². The standard InChI is InChI=1S/C14H17N3OS/c1-2-3-7-10-15-14(18)13-12(16-17-19-13)11-8-5-4-6-9-11/h4-6,8-9H,2-3,7,10H2,1H3,(H,15,18). The molecule has 1 amide bonds. The fraction of sp³-hybridized carbons (Fsp3) is 0.357. The van der Waals surface area contributed by atoms with Crippen LogP contribution in [-0.2, 0) is 0 Å². The number of aromatic nitrogens is 2. The molecule has 0 saturated heterocycles. The average molecular weight is 275 g/mol. The highest BCUT2D eigenvalue weighted by atomic mass is 32.1. The summed E-state index contributed by atoms with van der Waals surface area (Å²) in [6.07, 6.45) is 3.29. The molecule has 0 atom stereocenters. The largest absolute Gasteiger partial charge is 0.351 e. The number of nitrogens with one attached hydrogen (secondary N) is 1. The second-order valence-electron chi connectivity index (χ2n) is 4.28. The minimum Gasteiger partial charge on any atom is -0.351 e. The molecule has 1 heterocycles. The Morgan fingerprint density at radius 1 is 1.26 bits per heavy atom. The van der Waals surface area contributed by atoms with Crippen molar-refractivity contribution in [2.24, 2.45) is 0 Å². The van der Waals surface area contributed by atoms with Crippen LogP contribution in [0.3, 0.4) is 0 Å². The molecule has 0 saturated carbocycles. The molecule has 19 heavy (non-hydrogen) atoms. The van der Waals surface area contributed by atoms with Gasteiger partial charge in [0.05, 0.1) is 0 Å². The third-order valence-electron chi connectivity index (χ3n) is 2.81. The van der Waals surface area contributed by atoms with Gasteiger partial charge >= 0.3 is 0 Å². The normalized spacial score (nSPS) is 10.4. The number of nitrogens with zero attached hydrogens (tertiary/aromatic N) is 2. The van der Waals surface area contributed by atoms with E-state index in [0.29, 0.717) is 17.1 Å². The molecule has 0 bridgehead atoms. The Kier molecular flexibility index (Phi) is 5.03. The molecule has 0 aliphatic rings. The zero-order valence-electron chi connectivity index (χ0n) is 10.9. The molecule has 0 fully saturated rings. The second-order valence-corrected chi connectivity index (χ2v) is 5.03. The van der Waals surface area contributed by atoms with Gasteiger partial charge in [-0.05, 0) is 18.0 Å². The maximum Gasteiger partial charge on any atom is 0.265 e. The summed E-state index contributed by atoms with van der Waals surface area (Å²) in [4.78, 5) is 12.7. The van der Waals surface area contributed by atoms with Crippen molar-refractivity contribution < 1.29 is 4.79 Å². The first kappa shape index (κ1) is 13.7. The summed E-state index contributed by atoms with van der Waals surface area (Å²) in [7, 11) is 0. The SMILES string of the molecule is CCCCCNC(=O)c1snnc1-c1ccccc1. The highest BCUT2D eigenvalue weighted by molar-refractivity contribution is 7.08. The van der Waals surface area contributed by atoms with E-state index in [1.165, 1.54) is 0 Å². The Labute approximate surface area is 117 Å². The van der Waals surface area contributed by atoms with Crippen molar-refractivity contribution in [1.82, 2.24) is 14.9 Å². The quantitative estimate of drug-likeness (QED) is 0.824. The monoisotopic (exact) mass is 275 g/mol. The summed E-state index contributed by atoms with van der Waals surface area (Å²) < 4.78 is 3.89. The van der Waals surface area contributed by atoms with Crippen LogP contribution in [-0.4, -0.2) is 22.0 Å². The summed E-state index contributed by atoms with van der Waals surface area (Å²) in [5, 5.41) is 6.98. The molecule has 100 valence electrons. The number of benzene rings is 1. The van der Waals surface area contributed by atoms with Crippen molar-refractivity contribution in [3.05, 3.63) is 35.2 Å². The highest BCUT2D eigenvalue weighted by Gasteiger charge is 2.16. The van der Waals surface area contributed by atoms with E-state index in [0.717, 1.165) is 36.4 Å². The van der Waals surface area contributed by atoms with Crippen molar-refractivity contribution in [1.29, 1.82) is 0 Å². The first-order chi connectivity index (χ1) is 9.33. The molecule has 1 aromatic heterocycles. The van der Waals surface area contributed by atoms with Gasteiger partial charge in [-0.1, -0.05) is 54.6 Å². The van der Waals surface area contributed by atoms with Gasteiger partial charge in [0.1, 0.15) is 10.6 Å². The van der Waals surface area contributed by atoms with Crippen molar-refractivity contribution in [3.8, 4) is 11.3 Å². The average Bonchev–Trinajstić information content (AvgIpc) is 2.94. The van der Waals surface area contributed by atoms with Gasteiger partial charge in [-0.2, -0.15) is 0 Å². The van der Waals surface area contributed by atoms with E-state index in [1.807, 2.05) is 30.3 Å². The molecule has 2 rings (SSSR count). The fourth-order valence-electron chi connectivity index (χ4n) is 1.78. The van der Waals surface area contributed by atoms with E-state index in [2.05, 4.69) is 21.8 Å². The van der Waals surface area contributed by atoms with Crippen LogP contribution < -0.4 is 5.32 Å². The van der Waals surface area contributed by atoms with Crippen LogP contribution in [0.4, 0.5) is 0 Å². The first-order valence-corrected chi connectivity index (χ1v) is 7.26. The van der Waals surface area contributed by atoms with E-state index < -0.39 is 0 Å². The van der Waals surface area contributed by atoms with Gasteiger partial charge < -0.3 is 5.32 Å². The molecule has 0 spiro atoms. The molecular weight excluding hydrogens is 258 g/mol. The zero-order chi connectivity index (χ0) is 13.5. The third kappa shape index (κ3) is 3.61. The number of amides is 1. The van der Waals surface area contributed by atoms with Crippen LogP contribution in [0.15, 0.2) is 30.3 Å². The van der Waals surface area contributed by atoms with Gasteiger partial charge in [0.2, 0.25) is 0 Å². The second kappa shape index (κ2) is 6.99. The number of hydrogen-bond acceptors (Lipinski definition) is 4. The third-order valence-corrected chi connectivity index (χ3v) is 3.53. The van der Waals surface area contributed by atoms with Crippen LogP contribution in [0.1, 0.15) is 35.9 Å². The molecule has 1 N–H and O–H groups in total. The predicted octanol–water partition coefficient (Wildman–Crippen LogP) is 3.13. The molecular formula is C14H17N3OS. The van der Waals surface area contributed by atoms with Crippen molar-refractivity contribution in [3.63, 3.8) is 0 Å². The van der Waals surface area contributed by atoms with E-state index in [-0.39, 0.29) is 5.91 Å². The minimum atomic E-state index is -0.0787. The van der Waals surface area contributed by atoms with Crippen LogP contribution >= 0.6 is 11.5 Å². The summed E-state index contributed by atoms with van der Waals surface area (Å²) in [5.41, 5.74) is 1.59. The van der Waals surface area contributed by atoms with E-state index in [4.69, 9.17) is 0 Å². The smallest absolute Gasteiger partial charge is 0.265 e. The van der Waals surface area contributed by atoms with Gasteiger partial charge in [-0.25, -0.2) is 0 Å². The minimum absolute atomic E-state index is 0.0787. The number of unbranched alkanes of at least 4 members (excludes halogenated alkanes) is 2. The molecule has 0 aliphatic carbocycles. The Balaban J connectivity index is 2.05. The van der Waals surface area contributed by atoms with Crippen LogP contribution in [0.5, 0.6) is 0 Å². The summed E-state index contributed by atoms with van der Waals surface area (Å²) >= 11 is 1.14. The van der Waals surface area contributed by atoms with Crippen molar-refractivity contribution >= 4 is 17.4 Å². The Morgan fingerprint density at radius 3 is 2.79 bits per heavy atom. The Morgan fingerprint density at radius 2 is 2.05 bits per heavy atom. The topological polar surface area (TPSA) is 54.9 Å². The molecule has 1 aromatic carbocycles. The Hall–Kier alpha value is -1.75. The highest BCUT2D eigenvalue weighted by Crippen LogP contribution is 2.23. The summed E-state index contributed by atoms with van der Waals surface area (Å²) in [6, 6.07) is 9.66. The lowest BCUT2D eigenvalue weighted by Crippen LogP contribution is -2.24. The number of carbonyl (C=O) groups is 1. The fourth-order valence-corrected chi connectivity index (χ4v) is 2.39. The van der Waals surface area contributed by atoms with E-state index in [9.17, 15) is 4.79 Å². The van der Waals surface area contributed by atoms with Crippen LogP contribution in [0, 0.1) is 0 Å². The molecule has 4 nitrogen and oxygen atoms in total. The number of hydrogen-bond donors (Lipinski definition) is 1. The lowest BCUT2D eigenvalue weighted by molar-refractivity contribution is 0.0957. The van der Waals surface area contributed by atoms with Gasteiger partial charge in [0, 0.05) is 12.1 Å². The Bertz CT molecular complexity index is 524. The van der Waals surface area contributed by atoms with Crippen LogP contribution in [0.25, 0.3) is 11.3 Å². The first-order valence-electron chi connectivity index (χ1n) is 6.49. The maximum atomic E-state index is 12.1. The molecule has 0 unspecified atom stereocenters. The van der Waals surface area contributed by atoms with Crippen molar-refractivity contribution in [2.75, 3.05) is 6.54 Å². The molecule has 5 heteroatoms. The lowest BCUT2D eigenvalue weighted by Gasteiger charge is -2.04. The number of rotatable bonds is 6. The maximum absolute atomic E-state index is 12.1. The van der Waals surface area contributed by atoms with Gasteiger partial charge in [0.25, 0.3) is 5.91 Å². The summed E-state index contributed by atoms with van der Waals surface area (Å²) in [5.74, 6) is -0.0787. The van der Waals surface area contributed by atoms with E-state index >= 15 is 0 Å². The predicted molar refractivity (Wildman–Crippen MR) is 77.2 cm³/mol. The molecule has 0 aliphatic heterocycles. The molecule has 2 aromatic rings. The number of carbonyl (C=O) groups excluding carboxylic acids is 1. The van der Waals surface area contributed by atoms with Crippen LogP contribution in [0.2, 0.25) is 0 Å². The van der Waals surface area contributed by atoms with E-state index in [1.54, 1.807) is 0 Å². The van der Waals surface area contributed by atoms with Gasteiger partial charge in [-0.15, -0.1) is 5.10 Å². The molecule has 0 radical (unpaired) electrons. The summed E-state index contributed by atoms with van der Waals surface area (Å²) in [6.45, 7) is 2.85. The van der Waals surface area contributed by atoms with Gasteiger partial charge in [-0.3, -0.25) is 4.79 Å². The lowest BCUT2D eigenvalue weighted by atomic mass is 10.1.